The van der Waals surface area contributed by atoms with Gasteiger partial charge in [0.25, 0.3) is 5.91 Å². The van der Waals surface area contributed by atoms with Crippen LogP contribution in [0.2, 0.25) is 5.02 Å². The topological polar surface area (TPSA) is 66.0 Å². The van der Waals surface area contributed by atoms with Crippen LogP contribution in [0, 0.1) is 0 Å². The molecule has 0 heterocycles. The van der Waals surface area contributed by atoms with Gasteiger partial charge in [0.15, 0.2) is 11.5 Å². The number of carbonyl (C=O) groups excluding carboxylic acids is 1. The third-order valence-corrected chi connectivity index (χ3v) is 4.15. The molecule has 1 N–H and O–H groups in total. The quantitative estimate of drug-likeness (QED) is 0.695. The molecule has 2 aromatic carbocycles. The summed E-state index contributed by atoms with van der Waals surface area (Å²) in [4.78, 5) is 12.6. The van der Waals surface area contributed by atoms with Crippen molar-refractivity contribution in [1.29, 1.82) is 0 Å². The van der Waals surface area contributed by atoms with E-state index >= 15 is 0 Å². The van der Waals surface area contributed by atoms with Crippen LogP contribution in [0.3, 0.4) is 0 Å². The van der Waals surface area contributed by atoms with Crippen molar-refractivity contribution in [2.75, 3.05) is 27.9 Å². The summed E-state index contributed by atoms with van der Waals surface area (Å²) >= 11 is 6.28. The van der Waals surface area contributed by atoms with E-state index in [-0.39, 0.29) is 12.5 Å². The van der Waals surface area contributed by atoms with E-state index in [1.807, 2.05) is 13.0 Å². The van der Waals surface area contributed by atoms with Crippen molar-refractivity contribution in [1.82, 2.24) is 5.32 Å². The predicted molar refractivity (Wildman–Crippen MR) is 105 cm³/mol. The van der Waals surface area contributed by atoms with Crippen molar-refractivity contribution in [3.63, 3.8) is 0 Å². The van der Waals surface area contributed by atoms with Gasteiger partial charge in [-0.15, -0.1) is 0 Å². The lowest BCUT2D eigenvalue weighted by atomic mass is 10.1. The van der Waals surface area contributed by atoms with Gasteiger partial charge in [-0.3, -0.25) is 4.79 Å². The standard InChI is InChI=1S/C20H24ClNO5/c1-5-8-27-19-16(21)10-13(11-18(19)26-4)20(23)22-12-14-9-15(24-2)6-7-17(14)25-3/h6-7,9-11H,5,8,12H2,1-4H3,(H,22,23). The lowest BCUT2D eigenvalue weighted by Gasteiger charge is -2.14. The molecule has 0 aliphatic carbocycles. The molecule has 2 aromatic rings. The van der Waals surface area contributed by atoms with Crippen LogP contribution < -0.4 is 24.3 Å². The fourth-order valence-electron chi connectivity index (χ4n) is 2.49. The van der Waals surface area contributed by atoms with E-state index in [2.05, 4.69) is 5.32 Å². The highest BCUT2D eigenvalue weighted by atomic mass is 35.5. The summed E-state index contributed by atoms with van der Waals surface area (Å²) in [5.41, 5.74) is 1.17. The van der Waals surface area contributed by atoms with Crippen molar-refractivity contribution in [2.45, 2.75) is 19.9 Å². The minimum Gasteiger partial charge on any atom is -0.497 e. The van der Waals surface area contributed by atoms with E-state index < -0.39 is 0 Å². The summed E-state index contributed by atoms with van der Waals surface area (Å²) < 4.78 is 21.5. The van der Waals surface area contributed by atoms with Gasteiger partial charge in [0, 0.05) is 17.7 Å². The van der Waals surface area contributed by atoms with Crippen LogP contribution in [0.4, 0.5) is 0 Å². The lowest BCUT2D eigenvalue weighted by Crippen LogP contribution is -2.23. The first-order valence-electron chi connectivity index (χ1n) is 8.53. The molecule has 27 heavy (non-hydrogen) atoms. The number of hydrogen-bond acceptors (Lipinski definition) is 5. The van der Waals surface area contributed by atoms with Gasteiger partial charge in [0.1, 0.15) is 11.5 Å². The molecule has 0 aliphatic rings. The molecule has 1 amide bonds. The van der Waals surface area contributed by atoms with E-state index in [1.54, 1.807) is 38.5 Å². The second-order valence-electron chi connectivity index (χ2n) is 5.70. The Balaban J connectivity index is 2.18. The fraction of sp³-hybridized carbons (Fsp3) is 0.350. The molecule has 2 rings (SSSR count). The molecule has 0 spiro atoms. The number of hydrogen-bond donors (Lipinski definition) is 1. The Morgan fingerprint density at radius 3 is 2.41 bits per heavy atom. The average Bonchev–Trinajstić information content (AvgIpc) is 2.70. The lowest BCUT2D eigenvalue weighted by molar-refractivity contribution is 0.0950. The molecule has 0 bridgehead atoms. The number of carbonyl (C=O) groups is 1. The molecular weight excluding hydrogens is 370 g/mol. The Labute approximate surface area is 164 Å². The molecule has 7 heteroatoms. The third-order valence-electron chi connectivity index (χ3n) is 3.87. The monoisotopic (exact) mass is 393 g/mol. The van der Waals surface area contributed by atoms with Crippen LogP contribution in [0.25, 0.3) is 0 Å². The zero-order chi connectivity index (χ0) is 19.8. The molecular formula is C20H24ClNO5. The minimum absolute atomic E-state index is 0.271. The van der Waals surface area contributed by atoms with Gasteiger partial charge in [-0.2, -0.15) is 0 Å². The van der Waals surface area contributed by atoms with Crippen LogP contribution in [0.5, 0.6) is 23.0 Å². The molecule has 0 unspecified atom stereocenters. The van der Waals surface area contributed by atoms with Crippen molar-refractivity contribution in [3.8, 4) is 23.0 Å². The van der Waals surface area contributed by atoms with Crippen LogP contribution in [0.15, 0.2) is 30.3 Å². The van der Waals surface area contributed by atoms with Gasteiger partial charge < -0.3 is 24.3 Å². The predicted octanol–water partition coefficient (Wildman–Crippen LogP) is 4.08. The van der Waals surface area contributed by atoms with Gasteiger partial charge in [-0.25, -0.2) is 0 Å². The van der Waals surface area contributed by atoms with Gasteiger partial charge in [-0.05, 0) is 36.8 Å². The molecule has 146 valence electrons. The average molecular weight is 394 g/mol. The maximum absolute atomic E-state index is 12.6. The normalized spacial score (nSPS) is 10.3. The van der Waals surface area contributed by atoms with E-state index in [0.717, 1.165) is 12.0 Å². The second-order valence-corrected chi connectivity index (χ2v) is 6.11. The number of methoxy groups -OCH3 is 3. The summed E-state index contributed by atoms with van der Waals surface area (Å²) in [5.74, 6) is 1.91. The van der Waals surface area contributed by atoms with Gasteiger partial charge in [-0.1, -0.05) is 18.5 Å². The van der Waals surface area contributed by atoms with E-state index in [9.17, 15) is 4.79 Å². The van der Waals surface area contributed by atoms with Crippen LogP contribution in [-0.4, -0.2) is 33.8 Å². The van der Waals surface area contributed by atoms with E-state index in [0.29, 0.717) is 40.2 Å². The Bertz CT molecular complexity index is 794. The van der Waals surface area contributed by atoms with Crippen LogP contribution in [-0.2, 0) is 6.54 Å². The van der Waals surface area contributed by atoms with Crippen molar-refractivity contribution < 1.29 is 23.7 Å². The number of ether oxygens (including phenoxy) is 4. The maximum Gasteiger partial charge on any atom is 0.251 e. The summed E-state index contributed by atoms with van der Waals surface area (Å²) in [6.45, 7) is 2.78. The number of halogens is 1. The van der Waals surface area contributed by atoms with E-state index in [4.69, 9.17) is 30.5 Å². The molecule has 0 fully saturated rings. The second kappa shape index (κ2) is 9.92. The SMILES string of the molecule is CCCOc1c(Cl)cc(C(=O)NCc2cc(OC)ccc2OC)cc1OC. The first-order valence-corrected chi connectivity index (χ1v) is 8.91. The highest BCUT2D eigenvalue weighted by molar-refractivity contribution is 6.32. The number of nitrogens with one attached hydrogen (secondary N) is 1. The molecule has 0 aliphatic heterocycles. The first kappa shape index (κ1) is 20.7. The largest absolute Gasteiger partial charge is 0.497 e. The molecule has 0 saturated carbocycles. The number of benzene rings is 2. The number of rotatable bonds is 9. The summed E-state index contributed by atoms with van der Waals surface area (Å²) in [5, 5.41) is 3.18. The molecule has 6 nitrogen and oxygen atoms in total. The van der Waals surface area contributed by atoms with E-state index in [1.165, 1.54) is 7.11 Å². The fourth-order valence-corrected chi connectivity index (χ4v) is 2.76. The Hall–Kier alpha value is -2.60. The van der Waals surface area contributed by atoms with Crippen LogP contribution in [0.1, 0.15) is 29.3 Å². The zero-order valence-corrected chi connectivity index (χ0v) is 16.7. The molecule has 0 atom stereocenters. The number of amides is 1. The van der Waals surface area contributed by atoms with Gasteiger partial charge in [0.05, 0.1) is 33.0 Å². The van der Waals surface area contributed by atoms with Crippen molar-refractivity contribution in [2.24, 2.45) is 0 Å². The highest BCUT2D eigenvalue weighted by Crippen LogP contribution is 2.36. The summed E-state index contributed by atoms with van der Waals surface area (Å²) in [7, 11) is 4.67. The smallest absolute Gasteiger partial charge is 0.251 e. The van der Waals surface area contributed by atoms with Crippen molar-refractivity contribution in [3.05, 3.63) is 46.5 Å². The Kier molecular flexibility index (Phi) is 7.61. The zero-order valence-electron chi connectivity index (χ0n) is 15.9. The van der Waals surface area contributed by atoms with Gasteiger partial charge >= 0.3 is 0 Å². The van der Waals surface area contributed by atoms with Gasteiger partial charge in [0.2, 0.25) is 0 Å². The van der Waals surface area contributed by atoms with Crippen molar-refractivity contribution >= 4 is 17.5 Å². The Morgan fingerprint density at radius 2 is 1.78 bits per heavy atom. The summed E-state index contributed by atoms with van der Waals surface area (Å²) in [6.07, 6.45) is 0.837. The third kappa shape index (κ3) is 5.20. The molecule has 0 radical (unpaired) electrons. The first-order chi connectivity index (χ1) is 13.0. The summed E-state index contributed by atoms with van der Waals surface area (Å²) in [6, 6.07) is 8.57. The Morgan fingerprint density at radius 1 is 1.04 bits per heavy atom. The molecule has 0 saturated heterocycles. The highest BCUT2D eigenvalue weighted by Gasteiger charge is 2.16. The molecule has 0 aromatic heterocycles. The van der Waals surface area contributed by atoms with Crippen LogP contribution >= 0.6 is 11.6 Å². The maximum atomic E-state index is 12.6. The minimum atomic E-state index is -0.290.